The standard InChI is InChI=1S/C16H30OS/c1-6-13(4)15-14(5)10-8-7-9-11-18-16(17-15)12(2)3/h7-8,12-16H,6,9-11H2,1-5H3/b8-7-. The molecule has 0 saturated carbocycles. The van der Waals surface area contributed by atoms with Crippen LogP contribution in [0.1, 0.15) is 53.9 Å². The molecule has 1 heterocycles. The zero-order valence-corrected chi connectivity index (χ0v) is 13.5. The lowest BCUT2D eigenvalue weighted by molar-refractivity contribution is -0.0458. The van der Waals surface area contributed by atoms with Crippen LogP contribution in [0.4, 0.5) is 0 Å². The summed E-state index contributed by atoms with van der Waals surface area (Å²) in [7, 11) is 0. The molecule has 0 radical (unpaired) electrons. The fraction of sp³-hybridized carbons (Fsp3) is 0.875. The first-order valence-electron chi connectivity index (χ1n) is 7.48. The maximum atomic E-state index is 6.48. The number of thioether (sulfide) groups is 1. The second-order valence-electron chi connectivity index (χ2n) is 5.94. The highest BCUT2D eigenvalue weighted by molar-refractivity contribution is 7.99. The van der Waals surface area contributed by atoms with Crippen molar-refractivity contribution < 1.29 is 4.74 Å². The van der Waals surface area contributed by atoms with E-state index in [1.54, 1.807) is 0 Å². The lowest BCUT2D eigenvalue weighted by Gasteiger charge is -2.34. The Morgan fingerprint density at radius 2 is 2.00 bits per heavy atom. The van der Waals surface area contributed by atoms with E-state index in [9.17, 15) is 0 Å². The summed E-state index contributed by atoms with van der Waals surface area (Å²) in [6.07, 6.45) is 8.63. The topological polar surface area (TPSA) is 9.23 Å². The van der Waals surface area contributed by atoms with Gasteiger partial charge >= 0.3 is 0 Å². The summed E-state index contributed by atoms with van der Waals surface area (Å²) in [4.78, 5) is 0. The highest BCUT2D eigenvalue weighted by Crippen LogP contribution is 2.31. The molecule has 18 heavy (non-hydrogen) atoms. The fourth-order valence-corrected chi connectivity index (χ4v) is 3.52. The van der Waals surface area contributed by atoms with E-state index in [4.69, 9.17) is 4.74 Å². The van der Waals surface area contributed by atoms with Crippen molar-refractivity contribution in [1.29, 1.82) is 0 Å². The van der Waals surface area contributed by atoms with Gasteiger partial charge in [-0.1, -0.05) is 53.2 Å². The van der Waals surface area contributed by atoms with Crippen LogP contribution in [0.5, 0.6) is 0 Å². The zero-order chi connectivity index (χ0) is 13.5. The Balaban J connectivity index is 2.78. The van der Waals surface area contributed by atoms with Crippen LogP contribution in [0, 0.1) is 17.8 Å². The summed E-state index contributed by atoms with van der Waals surface area (Å²) >= 11 is 1.99. The monoisotopic (exact) mass is 270 g/mol. The van der Waals surface area contributed by atoms with Gasteiger partial charge in [-0.2, -0.15) is 0 Å². The molecule has 2 heteroatoms. The molecule has 0 spiro atoms. The number of hydrogen-bond donors (Lipinski definition) is 0. The Hall–Kier alpha value is 0.0500. The smallest absolute Gasteiger partial charge is 0.105 e. The summed E-state index contributed by atoms with van der Waals surface area (Å²) in [5.41, 5.74) is 0.359. The first-order chi connectivity index (χ1) is 8.56. The van der Waals surface area contributed by atoms with E-state index in [-0.39, 0.29) is 0 Å². The van der Waals surface area contributed by atoms with E-state index < -0.39 is 0 Å². The summed E-state index contributed by atoms with van der Waals surface area (Å²) < 4.78 is 6.48. The van der Waals surface area contributed by atoms with Crippen molar-refractivity contribution in [3.63, 3.8) is 0 Å². The molecule has 0 aromatic rings. The molecular formula is C16H30OS. The van der Waals surface area contributed by atoms with Crippen molar-refractivity contribution in [2.75, 3.05) is 5.75 Å². The van der Waals surface area contributed by atoms with Crippen LogP contribution in [-0.4, -0.2) is 17.3 Å². The van der Waals surface area contributed by atoms with Gasteiger partial charge in [-0.25, -0.2) is 0 Å². The molecule has 0 bridgehead atoms. The van der Waals surface area contributed by atoms with Crippen molar-refractivity contribution in [3.8, 4) is 0 Å². The predicted octanol–water partition coefficient (Wildman–Crippen LogP) is 5.12. The Bertz CT molecular complexity index is 249. The van der Waals surface area contributed by atoms with Crippen LogP contribution in [0.3, 0.4) is 0 Å². The quantitative estimate of drug-likeness (QED) is 0.658. The van der Waals surface area contributed by atoms with E-state index >= 15 is 0 Å². The Morgan fingerprint density at radius 1 is 1.28 bits per heavy atom. The lowest BCUT2D eigenvalue weighted by Crippen LogP contribution is -2.34. The summed E-state index contributed by atoms with van der Waals surface area (Å²) in [6.45, 7) is 11.5. The van der Waals surface area contributed by atoms with Crippen LogP contribution < -0.4 is 0 Å². The second-order valence-corrected chi connectivity index (χ2v) is 7.15. The summed E-state index contributed by atoms with van der Waals surface area (Å²) in [6, 6.07) is 0. The van der Waals surface area contributed by atoms with Gasteiger partial charge in [0.15, 0.2) is 0 Å². The number of rotatable bonds is 3. The average Bonchev–Trinajstić information content (AvgIpc) is 2.35. The predicted molar refractivity (Wildman–Crippen MR) is 83.0 cm³/mol. The van der Waals surface area contributed by atoms with Crippen molar-refractivity contribution in [1.82, 2.24) is 0 Å². The minimum Gasteiger partial charge on any atom is -0.364 e. The molecule has 4 atom stereocenters. The van der Waals surface area contributed by atoms with Crippen LogP contribution in [0.2, 0.25) is 0 Å². The van der Waals surface area contributed by atoms with Crippen molar-refractivity contribution in [2.45, 2.75) is 65.4 Å². The molecule has 0 aromatic carbocycles. The number of ether oxygens (including phenoxy) is 1. The Labute approximate surface area is 118 Å². The summed E-state index contributed by atoms with van der Waals surface area (Å²) in [5.74, 6) is 3.05. The molecule has 4 unspecified atom stereocenters. The summed E-state index contributed by atoms with van der Waals surface area (Å²) in [5, 5.41) is 0. The first kappa shape index (κ1) is 16.1. The van der Waals surface area contributed by atoms with Crippen LogP contribution in [0.25, 0.3) is 0 Å². The third-order valence-electron chi connectivity index (χ3n) is 3.84. The number of allylic oxidation sites excluding steroid dienone is 2. The maximum absolute atomic E-state index is 6.48. The molecule has 0 aliphatic carbocycles. The highest BCUT2D eigenvalue weighted by atomic mass is 32.2. The maximum Gasteiger partial charge on any atom is 0.105 e. The molecule has 0 N–H and O–H groups in total. The van der Waals surface area contributed by atoms with Crippen molar-refractivity contribution >= 4 is 11.8 Å². The molecule has 106 valence electrons. The van der Waals surface area contributed by atoms with Gasteiger partial charge in [-0.3, -0.25) is 0 Å². The molecule has 1 aliphatic rings. The van der Waals surface area contributed by atoms with Gasteiger partial charge in [0.25, 0.3) is 0 Å². The SMILES string of the molecule is CCC(C)C1OC(C(C)C)SCC/C=C\CC1C. The van der Waals surface area contributed by atoms with Gasteiger partial charge in [-0.15, -0.1) is 11.8 Å². The van der Waals surface area contributed by atoms with Gasteiger partial charge in [-0.05, 0) is 36.3 Å². The van der Waals surface area contributed by atoms with Gasteiger partial charge in [0.05, 0.1) is 6.10 Å². The van der Waals surface area contributed by atoms with Crippen LogP contribution in [0.15, 0.2) is 12.2 Å². The third-order valence-corrected chi connectivity index (χ3v) is 5.30. The number of hydrogen-bond acceptors (Lipinski definition) is 2. The van der Waals surface area contributed by atoms with Crippen molar-refractivity contribution in [2.24, 2.45) is 17.8 Å². The van der Waals surface area contributed by atoms with Gasteiger partial charge in [0, 0.05) is 0 Å². The van der Waals surface area contributed by atoms with E-state index in [0.29, 0.717) is 29.3 Å². The van der Waals surface area contributed by atoms with E-state index in [1.807, 2.05) is 11.8 Å². The van der Waals surface area contributed by atoms with E-state index in [2.05, 4.69) is 46.8 Å². The largest absolute Gasteiger partial charge is 0.364 e. The molecule has 1 rings (SSSR count). The minimum absolute atomic E-state index is 0.359. The van der Waals surface area contributed by atoms with Gasteiger partial charge in [0.2, 0.25) is 0 Å². The van der Waals surface area contributed by atoms with E-state index in [1.165, 1.54) is 18.6 Å². The molecule has 1 aliphatic heterocycles. The molecule has 0 fully saturated rings. The van der Waals surface area contributed by atoms with Crippen LogP contribution in [-0.2, 0) is 4.74 Å². The highest BCUT2D eigenvalue weighted by Gasteiger charge is 2.28. The second kappa shape index (κ2) is 8.27. The fourth-order valence-electron chi connectivity index (χ4n) is 2.42. The first-order valence-corrected chi connectivity index (χ1v) is 8.53. The molecule has 0 amide bonds. The van der Waals surface area contributed by atoms with Gasteiger partial charge in [0.1, 0.15) is 5.44 Å². The van der Waals surface area contributed by atoms with Crippen LogP contribution >= 0.6 is 11.8 Å². The molecule has 1 nitrogen and oxygen atoms in total. The Morgan fingerprint density at radius 3 is 2.61 bits per heavy atom. The zero-order valence-electron chi connectivity index (χ0n) is 12.7. The lowest BCUT2D eigenvalue weighted by atomic mass is 9.89. The molecule has 0 saturated heterocycles. The average molecular weight is 270 g/mol. The molecule has 0 aromatic heterocycles. The van der Waals surface area contributed by atoms with E-state index in [0.717, 1.165) is 6.42 Å². The third kappa shape index (κ3) is 4.97. The normalized spacial score (nSPS) is 34.2. The molecular weight excluding hydrogens is 240 g/mol. The van der Waals surface area contributed by atoms with Gasteiger partial charge < -0.3 is 4.74 Å². The van der Waals surface area contributed by atoms with Crippen molar-refractivity contribution in [3.05, 3.63) is 12.2 Å². The minimum atomic E-state index is 0.359. The Kier molecular flexibility index (Phi) is 7.40.